The summed E-state index contributed by atoms with van der Waals surface area (Å²) in [7, 11) is 0. The Morgan fingerprint density at radius 3 is 2.78 bits per heavy atom. The largest absolute Gasteiger partial charge is 0.394 e. The Morgan fingerprint density at radius 2 is 2.07 bits per heavy atom. The van der Waals surface area contributed by atoms with Crippen molar-refractivity contribution in [3.05, 3.63) is 46.1 Å². The smallest absolute Gasteiger partial charge is 0.180 e. The van der Waals surface area contributed by atoms with Gasteiger partial charge in [0.25, 0.3) is 0 Å². The molecule has 142 valence electrons. The summed E-state index contributed by atoms with van der Waals surface area (Å²) in [6, 6.07) is 7.72. The lowest BCUT2D eigenvalue weighted by Crippen LogP contribution is -2.47. The third kappa shape index (κ3) is 2.97. The molecule has 0 radical (unpaired) electrons. The highest BCUT2D eigenvalue weighted by molar-refractivity contribution is 14.1. The molecule has 1 aromatic carbocycles. The third-order valence-corrected chi connectivity index (χ3v) is 5.49. The maximum absolute atomic E-state index is 10.9. The van der Waals surface area contributed by atoms with Gasteiger partial charge in [-0.3, -0.25) is 4.57 Å². The molecule has 0 saturated carbocycles. The number of aliphatic hydroxyl groups is 3. The minimum atomic E-state index is -1.41. The molecule has 27 heavy (non-hydrogen) atoms. The van der Waals surface area contributed by atoms with Crippen LogP contribution < -0.4 is 5.73 Å². The van der Waals surface area contributed by atoms with Crippen molar-refractivity contribution < 1.29 is 20.1 Å². The van der Waals surface area contributed by atoms with Crippen LogP contribution in [0.15, 0.2) is 36.9 Å². The number of fused-ring (bicyclic) bond motifs is 1. The number of nitrogen functional groups attached to an aromatic ring is 1. The number of aliphatic hydroxyl groups excluding tert-OH is 3. The van der Waals surface area contributed by atoms with Crippen LogP contribution >= 0.6 is 22.6 Å². The van der Waals surface area contributed by atoms with Crippen LogP contribution in [0.1, 0.15) is 5.56 Å². The van der Waals surface area contributed by atoms with Gasteiger partial charge in [-0.15, -0.1) is 0 Å². The molecule has 0 amide bonds. The topological polar surface area (TPSA) is 140 Å². The number of benzene rings is 1. The number of hydrogen-bond acceptors (Lipinski definition) is 8. The monoisotopic (exact) mass is 483 g/mol. The van der Waals surface area contributed by atoms with Crippen LogP contribution in [0.2, 0.25) is 0 Å². The number of nitrogens with two attached hydrogens (primary N) is 1. The molecule has 3 heterocycles. The van der Waals surface area contributed by atoms with Gasteiger partial charge in [0.1, 0.15) is 30.2 Å². The van der Waals surface area contributed by atoms with E-state index in [-0.39, 0.29) is 12.2 Å². The van der Waals surface area contributed by atoms with E-state index in [0.29, 0.717) is 11.2 Å². The SMILES string of the molecule is Nc1ncnc2c1ncn2[C@]1(Cc2cccc(I)c2)O[C@H](CO)[C@@H](O)[C@H]1O. The van der Waals surface area contributed by atoms with Crippen molar-refractivity contribution in [1.82, 2.24) is 19.5 Å². The lowest BCUT2D eigenvalue weighted by atomic mass is 9.95. The highest BCUT2D eigenvalue weighted by Gasteiger charge is 2.56. The van der Waals surface area contributed by atoms with Crippen molar-refractivity contribution in [2.24, 2.45) is 0 Å². The average molecular weight is 483 g/mol. The fraction of sp³-hybridized carbons (Fsp3) is 0.353. The molecular formula is C17H18IN5O4. The summed E-state index contributed by atoms with van der Waals surface area (Å²) in [4.78, 5) is 12.4. The highest BCUT2D eigenvalue weighted by Crippen LogP contribution is 2.40. The third-order valence-electron chi connectivity index (χ3n) is 4.82. The van der Waals surface area contributed by atoms with E-state index in [2.05, 4.69) is 37.5 Å². The van der Waals surface area contributed by atoms with Crippen molar-refractivity contribution in [3.8, 4) is 0 Å². The summed E-state index contributed by atoms with van der Waals surface area (Å²) >= 11 is 2.20. The molecule has 10 heteroatoms. The fourth-order valence-corrected chi connectivity index (χ4v) is 4.12. The summed E-state index contributed by atoms with van der Waals surface area (Å²) < 4.78 is 8.61. The molecule has 0 unspecified atom stereocenters. The predicted octanol–water partition coefficient (Wildman–Crippen LogP) is 0.0215. The van der Waals surface area contributed by atoms with Gasteiger partial charge in [0, 0.05) is 9.99 Å². The van der Waals surface area contributed by atoms with Crippen LogP contribution in [0, 0.1) is 3.57 Å². The minimum Gasteiger partial charge on any atom is -0.394 e. The first-order valence-electron chi connectivity index (χ1n) is 8.29. The van der Waals surface area contributed by atoms with E-state index in [1.807, 2.05) is 24.3 Å². The zero-order chi connectivity index (χ0) is 19.2. The van der Waals surface area contributed by atoms with E-state index < -0.39 is 30.6 Å². The van der Waals surface area contributed by atoms with E-state index >= 15 is 0 Å². The fourth-order valence-electron chi connectivity index (χ4n) is 3.52. The number of rotatable bonds is 4. The molecular weight excluding hydrogens is 465 g/mol. The van der Waals surface area contributed by atoms with Gasteiger partial charge >= 0.3 is 0 Å². The first kappa shape index (κ1) is 18.5. The second-order valence-electron chi connectivity index (χ2n) is 6.47. The average Bonchev–Trinajstić information content (AvgIpc) is 3.19. The summed E-state index contributed by atoms with van der Waals surface area (Å²) in [5.74, 6) is 0.204. The van der Waals surface area contributed by atoms with E-state index in [4.69, 9.17) is 10.5 Å². The number of hydrogen-bond donors (Lipinski definition) is 4. The van der Waals surface area contributed by atoms with Crippen molar-refractivity contribution >= 4 is 39.6 Å². The molecule has 1 fully saturated rings. The Kier molecular flexibility index (Phi) is 4.76. The van der Waals surface area contributed by atoms with Crippen molar-refractivity contribution in [3.63, 3.8) is 0 Å². The number of nitrogens with zero attached hydrogens (tertiary/aromatic N) is 4. The van der Waals surface area contributed by atoms with E-state index in [1.165, 1.54) is 12.7 Å². The number of aromatic nitrogens is 4. The van der Waals surface area contributed by atoms with Gasteiger partial charge in [0.2, 0.25) is 0 Å². The molecule has 1 saturated heterocycles. The number of anilines is 1. The van der Waals surface area contributed by atoms with E-state index in [9.17, 15) is 15.3 Å². The second kappa shape index (κ2) is 6.95. The predicted molar refractivity (Wildman–Crippen MR) is 105 cm³/mol. The summed E-state index contributed by atoms with van der Waals surface area (Å²) in [5, 5.41) is 30.9. The minimum absolute atomic E-state index is 0.204. The van der Waals surface area contributed by atoms with Gasteiger partial charge in [0.15, 0.2) is 17.2 Å². The first-order valence-corrected chi connectivity index (χ1v) is 9.37. The molecule has 9 nitrogen and oxygen atoms in total. The van der Waals surface area contributed by atoms with E-state index in [1.54, 1.807) is 4.57 Å². The van der Waals surface area contributed by atoms with Crippen LogP contribution in [-0.2, 0) is 16.9 Å². The summed E-state index contributed by atoms with van der Waals surface area (Å²) in [6.45, 7) is -0.434. The highest BCUT2D eigenvalue weighted by atomic mass is 127. The van der Waals surface area contributed by atoms with Crippen LogP contribution in [0.4, 0.5) is 5.82 Å². The number of halogens is 1. The molecule has 3 aromatic rings. The van der Waals surface area contributed by atoms with Crippen LogP contribution in [0.3, 0.4) is 0 Å². The number of ether oxygens (including phenoxy) is 1. The van der Waals surface area contributed by atoms with Crippen LogP contribution in [0.25, 0.3) is 11.2 Å². The zero-order valence-corrected chi connectivity index (χ0v) is 16.3. The van der Waals surface area contributed by atoms with Crippen LogP contribution in [0.5, 0.6) is 0 Å². The maximum Gasteiger partial charge on any atom is 0.180 e. The van der Waals surface area contributed by atoms with Crippen molar-refractivity contribution in [2.45, 2.75) is 30.5 Å². The Balaban J connectivity index is 1.89. The quantitative estimate of drug-likeness (QED) is 0.381. The maximum atomic E-state index is 10.9. The molecule has 4 atom stereocenters. The second-order valence-corrected chi connectivity index (χ2v) is 7.72. The van der Waals surface area contributed by atoms with E-state index in [0.717, 1.165) is 9.13 Å². The molecule has 1 aliphatic rings. The van der Waals surface area contributed by atoms with Gasteiger partial charge in [-0.05, 0) is 40.3 Å². The van der Waals surface area contributed by atoms with Gasteiger partial charge in [-0.2, -0.15) is 0 Å². The summed E-state index contributed by atoms with van der Waals surface area (Å²) in [5.41, 5.74) is 6.10. The van der Waals surface area contributed by atoms with Crippen LogP contribution in [-0.4, -0.2) is 59.8 Å². The molecule has 4 rings (SSSR count). The molecule has 0 bridgehead atoms. The van der Waals surface area contributed by atoms with Gasteiger partial charge in [-0.25, -0.2) is 15.0 Å². The standard InChI is InChI=1S/C17H18IN5O4/c18-10-3-1-2-9(4-10)5-17(14(26)13(25)11(6-24)27-17)23-8-22-12-15(19)20-7-21-16(12)23/h1-4,7-8,11,13-14,24-26H,5-6H2,(H2,19,20,21)/t11-,13-,14-,17-/m1/s1. The molecule has 1 aliphatic heterocycles. The number of imidazole rings is 1. The Hall–Kier alpha value is -1.86. The Bertz CT molecular complexity index is 983. The van der Waals surface area contributed by atoms with Gasteiger partial charge in [0.05, 0.1) is 12.9 Å². The van der Waals surface area contributed by atoms with Crippen molar-refractivity contribution in [1.29, 1.82) is 0 Å². The Labute approximate surface area is 168 Å². The summed E-state index contributed by atoms with van der Waals surface area (Å²) in [6.07, 6.45) is -0.543. The molecule has 0 spiro atoms. The normalized spacial score (nSPS) is 28.1. The van der Waals surface area contributed by atoms with Gasteiger partial charge < -0.3 is 25.8 Å². The molecule has 5 N–H and O–H groups in total. The zero-order valence-electron chi connectivity index (χ0n) is 14.1. The first-order chi connectivity index (χ1) is 13.0. The lowest BCUT2D eigenvalue weighted by molar-refractivity contribution is -0.145. The van der Waals surface area contributed by atoms with Gasteiger partial charge in [-0.1, -0.05) is 12.1 Å². The molecule has 0 aliphatic carbocycles. The molecule has 2 aromatic heterocycles. The lowest BCUT2D eigenvalue weighted by Gasteiger charge is -2.34. The van der Waals surface area contributed by atoms with Crippen molar-refractivity contribution in [2.75, 3.05) is 12.3 Å². The Morgan fingerprint density at radius 1 is 1.26 bits per heavy atom.